The van der Waals surface area contributed by atoms with Crippen molar-refractivity contribution in [1.29, 1.82) is 0 Å². The van der Waals surface area contributed by atoms with Crippen LogP contribution in [0.15, 0.2) is 18.5 Å². The molecule has 0 aliphatic heterocycles. The lowest BCUT2D eigenvalue weighted by Crippen LogP contribution is -2.11. The molecule has 2 aromatic heterocycles. The van der Waals surface area contributed by atoms with Gasteiger partial charge >= 0.3 is 0 Å². The predicted octanol–water partition coefficient (Wildman–Crippen LogP) is 2.26. The Morgan fingerprint density at radius 3 is 2.76 bits per heavy atom. The van der Waals surface area contributed by atoms with Crippen LogP contribution in [0.2, 0.25) is 5.02 Å². The number of aryl methyl sites for hydroxylation is 1. The second-order valence-electron chi connectivity index (χ2n) is 3.93. The molecule has 2 heterocycles. The molecule has 0 aliphatic carbocycles. The highest BCUT2D eigenvalue weighted by Gasteiger charge is 2.13. The second kappa shape index (κ2) is 4.85. The van der Waals surface area contributed by atoms with Gasteiger partial charge in [-0.2, -0.15) is 5.10 Å². The molecule has 0 saturated carbocycles. The molecule has 5 heteroatoms. The van der Waals surface area contributed by atoms with Crippen LogP contribution in [0.1, 0.15) is 17.0 Å². The van der Waals surface area contributed by atoms with E-state index in [-0.39, 0.29) is 0 Å². The number of aromatic nitrogens is 3. The molecule has 17 heavy (non-hydrogen) atoms. The quantitative estimate of drug-likeness (QED) is 0.909. The van der Waals surface area contributed by atoms with Crippen molar-refractivity contribution in [3.63, 3.8) is 0 Å². The minimum Gasteiger partial charge on any atom is -0.316 e. The van der Waals surface area contributed by atoms with Gasteiger partial charge in [0, 0.05) is 24.5 Å². The molecular formula is C12H15ClN4. The van der Waals surface area contributed by atoms with Crippen LogP contribution in [0.25, 0.3) is 5.69 Å². The minimum absolute atomic E-state index is 0.720. The number of hydrogen-bond acceptors (Lipinski definition) is 3. The van der Waals surface area contributed by atoms with Gasteiger partial charge in [-0.25, -0.2) is 4.68 Å². The topological polar surface area (TPSA) is 42.7 Å². The lowest BCUT2D eigenvalue weighted by Gasteiger charge is -2.10. The maximum Gasteiger partial charge on any atom is 0.0848 e. The summed E-state index contributed by atoms with van der Waals surface area (Å²) in [6, 6.07) is 1.95. The Morgan fingerprint density at radius 1 is 1.41 bits per heavy atom. The number of pyridine rings is 1. The Balaban J connectivity index is 2.56. The SMILES string of the molecule is CNCc1cnccc1-n1nc(C)c(Cl)c1C. The molecule has 0 bridgehead atoms. The van der Waals surface area contributed by atoms with Crippen molar-refractivity contribution >= 4 is 11.6 Å². The summed E-state index contributed by atoms with van der Waals surface area (Å²) in [6.07, 6.45) is 3.61. The van der Waals surface area contributed by atoms with Crippen molar-refractivity contribution in [1.82, 2.24) is 20.1 Å². The van der Waals surface area contributed by atoms with Gasteiger partial charge in [0.25, 0.3) is 0 Å². The third-order valence-electron chi connectivity index (χ3n) is 2.68. The van der Waals surface area contributed by atoms with E-state index in [0.717, 1.165) is 34.2 Å². The van der Waals surface area contributed by atoms with Crippen LogP contribution in [0.5, 0.6) is 0 Å². The van der Waals surface area contributed by atoms with Gasteiger partial charge in [-0.1, -0.05) is 11.6 Å². The molecule has 0 amide bonds. The van der Waals surface area contributed by atoms with E-state index >= 15 is 0 Å². The Hall–Kier alpha value is -1.39. The summed E-state index contributed by atoms with van der Waals surface area (Å²) in [4.78, 5) is 4.13. The summed E-state index contributed by atoms with van der Waals surface area (Å²) in [5.41, 5.74) is 3.91. The van der Waals surface area contributed by atoms with E-state index in [0.29, 0.717) is 0 Å². The van der Waals surface area contributed by atoms with E-state index < -0.39 is 0 Å². The summed E-state index contributed by atoms with van der Waals surface area (Å²) in [6.45, 7) is 4.62. The molecule has 4 nitrogen and oxygen atoms in total. The Labute approximate surface area is 106 Å². The molecule has 0 fully saturated rings. The van der Waals surface area contributed by atoms with Gasteiger partial charge in [-0.3, -0.25) is 4.98 Å². The molecule has 0 unspecified atom stereocenters. The molecule has 0 atom stereocenters. The third-order valence-corrected chi connectivity index (χ3v) is 3.22. The normalized spacial score (nSPS) is 10.8. The molecule has 0 saturated heterocycles. The highest BCUT2D eigenvalue weighted by atomic mass is 35.5. The van der Waals surface area contributed by atoms with E-state index in [1.165, 1.54) is 0 Å². The number of rotatable bonds is 3. The van der Waals surface area contributed by atoms with Gasteiger partial charge < -0.3 is 5.32 Å². The molecule has 2 aromatic rings. The van der Waals surface area contributed by atoms with Crippen LogP contribution in [0.3, 0.4) is 0 Å². The van der Waals surface area contributed by atoms with Crippen molar-refractivity contribution in [2.45, 2.75) is 20.4 Å². The standard InChI is InChI=1S/C12H15ClN4/c1-8-12(13)9(2)17(16-8)11-4-5-15-7-10(11)6-14-3/h4-5,7,14H,6H2,1-3H3. The number of halogens is 1. The third kappa shape index (κ3) is 2.18. The molecule has 0 spiro atoms. The summed E-state index contributed by atoms with van der Waals surface area (Å²) >= 11 is 6.16. The van der Waals surface area contributed by atoms with Crippen LogP contribution in [0, 0.1) is 13.8 Å². The molecule has 0 radical (unpaired) electrons. The average Bonchev–Trinajstić information content (AvgIpc) is 2.58. The molecule has 1 N–H and O–H groups in total. The Morgan fingerprint density at radius 2 is 2.18 bits per heavy atom. The second-order valence-corrected chi connectivity index (χ2v) is 4.31. The lowest BCUT2D eigenvalue weighted by molar-refractivity contribution is 0.770. The summed E-state index contributed by atoms with van der Waals surface area (Å²) in [5, 5.41) is 8.29. The maximum atomic E-state index is 6.16. The zero-order valence-corrected chi connectivity index (χ0v) is 10.9. The van der Waals surface area contributed by atoms with Crippen molar-refractivity contribution < 1.29 is 0 Å². The maximum absolute atomic E-state index is 6.16. The van der Waals surface area contributed by atoms with Gasteiger partial charge in [0.2, 0.25) is 0 Å². The molecule has 90 valence electrons. The fourth-order valence-corrected chi connectivity index (χ4v) is 1.93. The molecule has 0 aromatic carbocycles. The van der Waals surface area contributed by atoms with Crippen molar-refractivity contribution in [2.24, 2.45) is 0 Å². The van der Waals surface area contributed by atoms with Crippen molar-refractivity contribution in [3.8, 4) is 5.69 Å². The van der Waals surface area contributed by atoms with E-state index in [9.17, 15) is 0 Å². The fraction of sp³-hybridized carbons (Fsp3) is 0.333. The summed E-state index contributed by atoms with van der Waals surface area (Å²) < 4.78 is 1.87. The highest BCUT2D eigenvalue weighted by molar-refractivity contribution is 6.31. The van der Waals surface area contributed by atoms with E-state index in [2.05, 4.69) is 15.4 Å². The van der Waals surface area contributed by atoms with Crippen LogP contribution in [0.4, 0.5) is 0 Å². The largest absolute Gasteiger partial charge is 0.316 e. The van der Waals surface area contributed by atoms with Crippen LogP contribution >= 0.6 is 11.6 Å². The number of nitrogens with one attached hydrogen (secondary N) is 1. The monoisotopic (exact) mass is 250 g/mol. The van der Waals surface area contributed by atoms with Gasteiger partial charge in [0.15, 0.2) is 0 Å². The van der Waals surface area contributed by atoms with Crippen molar-refractivity contribution in [3.05, 3.63) is 40.4 Å². The first-order chi connectivity index (χ1) is 8.15. The minimum atomic E-state index is 0.720. The van der Waals surface area contributed by atoms with E-state index in [1.807, 2.05) is 37.8 Å². The zero-order chi connectivity index (χ0) is 12.4. The first-order valence-corrected chi connectivity index (χ1v) is 5.82. The smallest absolute Gasteiger partial charge is 0.0848 e. The summed E-state index contributed by atoms with van der Waals surface area (Å²) in [7, 11) is 1.91. The van der Waals surface area contributed by atoms with Gasteiger partial charge in [0.1, 0.15) is 0 Å². The molecule has 2 rings (SSSR count). The predicted molar refractivity (Wildman–Crippen MR) is 68.6 cm³/mol. The van der Waals surface area contributed by atoms with Gasteiger partial charge in [-0.15, -0.1) is 0 Å². The van der Waals surface area contributed by atoms with Crippen LogP contribution in [-0.2, 0) is 6.54 Å². The van der Waals surface area contributed by atoms with Gasteiger partial charge in [-0.05, 0) is 27.0 Å². The average molecular weight is 251 g/mol. The van der Waals surface area contributed by atoms with Crippen molar-refractivity contribution in [2.75, 3.05) is 7.05 Å². The molecule has 0 aliphatic rings. The first-order valence-electron chi connectivity index (χ1n) is 5.44. The van der Waals surface area contributed by atoms with Crippen LogP contribution < -0.4 is 5.32 Å². The number of nitrogens with zero attached hydrogens (tertiary/aromatic N) is 3. The van der Waals surface area contributed by atoms with E-state index in [4.69, 9.17) is 11.6 Å². The first kappa shape index (κ1) is 12.1. The summed E-state index contributed by atoms with van der Waals surface area (Å²) in [5.74, 6) is 0. The fourth-order valence-electron chi connectivity index (χ4n) is 1.81. The zero-order valence-electron chi connectivity index (χ0n) is 10.2. The van der Waals surface area contributed by atoms with Crippen LogP contribution in [-0.4, -0.2) is 21.8 Å². The Bertz CT molecular complexity index is 533. The molecular weight excluding hydrogens is 236 g/mol. The Kier molecular flexibility index (Phi) is 3.45. The highest BCUT2D eigenvalue weighted by Crippen LogP contribution is 2.23. The van der Waals surface area contributed by atoms with E-state index in [1.54, 1.807) is 6.20 Å². The lowest BCUT2D eigenvalue weighted by atomic mass is 10.2. The number of hydrogen-bond donors (Lipinski definition) is 1. The van der Waals surface area contributed by atoms with Gasteiger partial charge in [0.05, 0.1) is 22.1 Å².